The molecule has 1 fully saturated rings. The highest BCUT2D eigenvalue weighted by Crippen LogP contribution is 2.29. The molecular formula is C15H17N3O2S3. The molecule has 0 aliphatic carbocycles. The molecule has 0 aromatic carbocycles. The topological polar surface area (TPSA) is 62.3 Å². The van der Waals surface area contributed by atoms with Crippen LogP contribution in [0.25, 0.3) is 10.6 Å². The molecule has 5 nitrogen and oxygen atoms in total. The molecular weight excluding hydrogens is 350 g/mol. The first kappa shape index (κ1) is 16.5. The molecule has 1 aliphatic heterocycles. The van der Waals surface area contributed by atoms with Crippen LogP contribution in [0.3, 0.4) is 0 Å². The van der Waals surface area contributed by atoms with E-state index in [1.165, 1.54) is 4.88 Å². The summed E-state index contributed by atoms with van der Waals surface area (Å²) in [6.45, 7) is 2.76. The van der Waals surface area contributed by atoms with Gasteiger partial charge in [0.15, 0.2) is 0 Å². The second-order valence-corrected chi connectivity index (χ2v) is 8.37. The molecule has 0 radical (unpaired) electrons. The average molecular weight is 368 g/mol. The molecule has 1 saturated heterocycles. The van der Waals surface area contributed by atoms with Gasteiger partial charge in [-0.2, -0.15) is 0 Å². The van der Waals surface area contributed by atoms with E-state index in [-0.39, 0.29) is 18.4 Å². The Kier molecular flexibility index (Phi) is 5.34. The summed E-state index contributed by atoms with van der Waals surface area (Å²) in [5.74, 6) is 1.06. The number of carbonyl (C=O) groups is 2. The number of rotatable bonds is 6. The fraction of sp³-hybridized carbons (Fsp3) is 0.400. The molecule has 3 heterocycles. The normalized spacial score (nSPS) is 14.5. The fourth-order valence-corrected chi connectivity index (χ4v) is 4.78. The molecule has 0 unspecified atom stereocenters. The summed E-state index contributed by atoms with van der Waals surface area (Å²) in [6.07, 6.45) is 0.794. The zero-order valence-electron chi connectivity index (χ0n) is 12.7. The number of thioether (sulfide) groups is 1. The monoisotopic (exact) mass is 367 g/mol. The van der Waals surface area contributed by atoms with Crippen LogP contribution >= 0.6 is 34.4 Å². The molecule has 23 heavy (non-hydrogen) atoms. The van der Waals surface area contributed by atoms with Crippen LogP contribution in [-0.2, 0) is 16.0 Å². The summed E-state index contributed by atoms with van der Waals surface area (Å²) in [5, 5.41) is 6.02. The number of thiazole rings is 1. The number of thiophene rings is 1. The van der Waals surface area contributed by atoms with Crippen molar-refractivity contribution in [2.45, 2.75) is 13.3 Å². The Bertz CT molecular complexity index is 710. The van der Waals surface area contributed by atoms with Gasteiger partial charge >= 0.3 is 0 Å². The highest BCUT2D eigenvalue weighted by atomic mass is 32.2. The lowest BCUT2D eigenvalue weighted by molar-refractivity contribution is -0.132. The number of carbonyl (C=O) groups excluding carboxylic acids is 2. The smallest absolute Gasteiger partial charge is 0.239 e. The first-order valence-electron chi connectivity index (χ1n) is 7.25. The SMILES string of the molecule is Cc1nc(-c2ccc(CCNC(=O)CN3CSCC3=O)s2)cs1. The van der Waals surface area contributed by atoms with E-state index in [2.05, 4.69) is 27.8 Å². The van der Waals surface area contributed by atoms with Crippen molar-refractivity contribution in [2.24, 2.45) is 0 Å². The molecule has 2 amide bonds. The van der Waals surface area contributed by atoms with Crippen molar-refractivity contribution >= 4 is 46.2 Å². The van der Waals surface area contributed by atoms with Crippen molar-refractivity contribution in [1.29, 1.82) is 0 Å². The van der Waals surface area contributed by atoms with Crippen LogP contribution in [0.2, 0.25) is 0 Å². The molecule has 0 spiro atoms. The van der Waals surface area contributed by atoms with E-state index in [9.17, 15) is 9.59 Å². The molecule has 2 aromatic rings. The molecule has 3 rings (SSSR count). The molecule has 1 N–H and O–H groups in total. The van der Waals surface area contributed by atoms with Gasteiger partial charge in [-0.3, -0.25) is 9.59 Å². The Balaban J connectivity index is 1.45. The van der Waals surface area contributed by atoms with Crippen molar-refractivity contribution in [3.8, 4) is 10.6 Å². The number of hydrogen-bond acceptors (Lipinski definition) is 6. The summed E-state index contributed by atoms with van der Waals surface area (Å²) in [5.41, 5.74) is 1.03. The maximum atomic E-state index is 11.8. The Morgan fingerprint density at radius 2 is 2.30 bits per heavy atom. The van der Waals surface area contributed by atoms with Gasteiger partial charge in [-0.25, -0.2) is 4.98 Å². The largest absolute Gasteiger partial charge is 0.354 e. The van der Waals surface area contributed by atoms with Crippen molar-refractivity contribution in [1.82, 2.24) is 15.2 Å². The van der Waals surface area contributed by atoms with Crippen molar-refractivity contribution < 1.29 is 9.59 Å². The van der Waals surface area contributed by atoms with E-state index in [4.69, 9.17) is 0 Å². The minimum atomic E-state index is -0.0900. The molecule has 2 aromatic heterocycles. The van der Waals surface area contributed by atoms with Crippen LogP contribution in [0.1, 0.15) is 9.88 Å². The van der Waals surface area contributed by atoms with E-state index in [1.54, 1.807) is 39.3 Å². The third-order valence-electron chi connectivity index (χ3n) is 3.39. The standard InChI is InChI=1S/C15H17N3O2S3/c1-10-17-12(7-22-10)13-3-2-11(23-13)4-5-16-14(19)6-18-9-21-8-15(18)20/h2-3,7H,4-6,8-9H2,1H3,(H,16,19). The van der Waals surface area contributed by atoms with Gasteiger partial charge in [-0.15, -0.1) is 34.4 Å². The lowest BCUT2D eigenvalue weighted by Gasteiger charge is -2.13. The minimum absolute atomic E-state index is 0.0478. The second kappa shape index (κ2) is 7.46. The number of amides is 2. The number of aryl methyl sites for hydroxylation is 1. The number of hydrogen-bond donors (Lipinski definition) is 1. The van der Waals surface area contributed by atoms with Gasteiger partial charge in [0, 0.05) is 16.8 Å². The zero-order chi connectivity index (χ0) is 16.2. The highest BCUT2D eigenvalue weighted by Gasteiger charge is 2.22. The van der Waals surface area contributed by atoms with E-state index in [0.717, 1.165) is 22.0 Å². The predicted molar refractivity (Wildman–Crippen MR) is 95.9 cm³/mol. The van der Waals surface area contributed by atoms with E-state index < -0.39 is 0 Å². The Morgan fingerprint density at radius 3 is 3.00 bits per heavy atom. The van der Waals surface area contributed by atoms with Crippen LogP contribution in [0.5, 0.6) is 0 Å². The van der Waals surface area contributed by atoms with E-state index in [1.807, 2.05) is 6.92 Å². The van der Waals surface area contributed by atoms with Gasteiger partial charge in [0.1, 0.15) is 6.54 Å². The average Bonchev–Trinajstić information content (AvgIpc) is 3.22. The lowest BCUT2D eigenvalue weighted by Crippen LogP contribution is -2.38. The first-order chi connectivity index (χ1) is 11.1. The van der Waals surface area contributed by atoms with Crippen molar-refractivity contribution in [3.05, 3.63) is 27.4 Å². The van der Waals surface area contributed by atoms with Gasteiger partial charge < -0.3 is 10.2 Å². The van der Waals surface area contributed by atoms with Gasteiger partial charge in [0.2, 0.25) is 11.8 Å². The quantitative estimate of drug-likeness (QED) is 0.851. The third-order valence-corrected chi connectivity index (χ3v) is 6.27. The van der Waals surface area contributed by atoms with Crippen LogP contribution < -0.4 is 5.32 Å². The number of nitrogens with one attached hydrogen (secondary N) is 1. The number of aromatic nitrogens is 1. The van der Waals surface area contributed by atoms with Crippen LogP contribution in [-0.4, -0.2) is 46.4 Å². The molecule has 0 bridgehead atoms. The van der Waals surface area contributed by atoms with Gasteiger partial charge in [-0.05, 0) is 25.5 Å². The zero-order valence-corrected chi connectivity index (χ0v) is 15.2. The van der Waals surface area contributed by atoms with Crippen molar-refractivity contribution in [2.75, 3.05) is 24.7 Å². The first-order valence-corrected chi connectivity index (χ1v) is 10.1. The summed E-state index contributed by atoms with van der Waals surface area (Å²) in [4.78, 5) is 31.8. The molecule has 8 heteroatoms. The molecule has 1 aliphatic rings. The summed E-state index contributed by atoms with van der Waals surface area (Å²) < 4.78 is 0. The van der Waals surface area contributed by atoms with Gasteiger partial charge in [-0.1, -0.05) is 0 Å². The molecule has 0 saturated carbocycles. The fourth-order valence-electron chi connectivity index (χ4n) is 2.22. The third kappa shape index (κ3) is 4.33. The van der Waals surface area contributed by atoms with Gasteiger partial charge in [0.05, 0.1) is 27.2 Å². The van der Waals surface area contributed by atoms with E-state index in [0.29, 0.717) is 18.2 Å². The van der Waals surface area contributed by atoms with Crippen LogP contribution in [0, 0.1) is 6.92 Å². The summed E-state index contributed by atoms with van der Waals surface area (Å²) in [7, 11) is 0. The van der Waals surface area contributed by atoms with Crippen LogP contribution in [0.15, 0.2) is 17.5 Å². The Hall–Kier alpha value is -1.38. The molecule has 0 atom stereocenters. The van der Waals surface area contributed by atoms with Crippen LogP contribution in [0.4, 0.5) is 0 Å². The maximum Gasteiger partial charge on any atom is 0.239 e. The Morgan fingerprint density at radius 1 is 1.43 bits per heavy atom. The minimum Gasteiger partial charge on any atom is -0.354 e. The van der Waals surface area contributed by atoms with Gasteiger partial charge in [0.25, 0.3) is 0 Å². The predicted octanol–water partition coefficient (Wildman–Crippen LogP) is 2.37. The number of nitrogens with zero attached hydrogens (tertiary/aromatic N) is 2. The lowest BCUT2D eigenvalue weighted by atomic mass is 10.3. The van der Waals surface area contributed by atoms with E-state index >= 15 is 0 Å². The van der Waals surface area contributed by atoms with Crippen molar-refractivity contribution in [3.63, 3.8) is 0 Å². The second-order valence-electron chi connectivity index (χ2n) is 5.19. The maximum absolute atomic E-state index is 11.8. The summed E-state index contributed by atoms with van der Waals surface area (Å²) >= 11 is 4.91. The highest BCUT2D eigenvalue weighted by molar-refractivity contribution is 8.00. The molecule has 122 valence electrons. The summed E-state index contributed by atoms with van der Waals surface area (Å²) in [6, 6.07) is 4.16. The Labute approximate surface area is 147 Å².